The maximum atomic E-state index is 12.2. The molecule has 1 atom stereocenters. The first-order valence-corrected chi connectivity index (χ1v) is 7.41. The van der Waals surface area contributed by atoms with Gasteiger partial charge in [-0.2, -0.15) is 0 Å². The largest absolute Gasteiger partial charge is 0.327 e. The van der Waals surface area contributed by atoms with Gasteiger partial charge in [-0.3, -0.25) is 4.98 Å². The summed E-state index contributed by atoms with van der Waals surface area (Å²) in [7, 11) is -1.88. The van der Waals surface area contributed by atoms with Crippen LogP contribution >= 0.6 is 0 Å². The van der Waals surface area contributed by atoms with Crippen LogP contribution in [0.4, 0.5) is 0 Å². The predicted molar refractivity (Wildman–Crippen MR) is 71.5 cm³/mol. The average Bonchev–Trinajstić information content (AvgIpc) is 2.36. The van der Waals surface area contributed by atoms with E-state index < -0.39 is 10.0 Å². The lowest BCUT2D eigenvalue weighted by Crippen LogP contribution is -2.34. The lowest BCUT2D eigenvalue weighted by atomic mass is 10.0. The zero-order chi connectivity index (χ0) is 13.8. The Morgan fingerprint density at radius 1 is 1.44 bits per heavy atom. The zero-order valence-electron chi connectivity index (χ0n) is 11.1. The smallest absolute Gasteiger partial charge is 0.244 e. The molecule has 2 N–H and O–H groups in total. The molecule has 5 nitrogen and oxygen atoms in total. The van der Waals surface area contributed by atoms with Gasteiger partial charge >= 0.3 is 0 Å². The molecule has 0 amide bonds. The third-order valence-electron chi connectivity index (χ3n) is 2.98. The standard InChI is InChI=1S/C12H21N3O2S/c1-10(2)12(13)6-8-15(3)18(16,17)11-5-4-7-14-9-11/h4-5,7,9-10,12H,6,8,13H2,1-3H3. The third-order valence-corrected chi connectivity index (χ3v) is 4.82. The van der Waals surface area contributed by atoms with Crippen molar-refractivity contribution in [2.45, 2.75) is 31.2 Å². The zero-order valence-corrected chi connectivity index (χ0v) is 11.9. The van der Waals surface area contributed by atoms with Gasteiger partial charge in [0.25, 0.3) is 0 Å². The Hall–Kier alpha value is -0.980. The molecular weight excluding hydrogens is 250 g/mol. The summed E-state index contributed by atoms with van der Waals surface area (Å²) in [6.07, 6.45) is 3.55. The van der Waals surface area contributed by atoms with Gasteiger partial charge in [0.05, 0.1) is 0 Å². The molecule has 0 saturated heterocycles. The predicted octanol–water partition coefficient (Wildman–Crippen LogP) is 1.08. The number of nitrogens with two attached hydrogens (primary N) is 1. The lowest BCUT2D eigenvalue weighted by Gasteiger charge is -2.21. The average molecular weight is 271 g/mol. The number of nitrogens with zero attached hydrogens (tertiary/aromatic N) is 2. The van der Waals surface area contributed by atoms with Crippen molar-refractivity contribution < 1.29 is 8.42 Å². The first kappa shape index (κ1) is 15.1. The molecule has 0 saturated carbocycles. The summed E-state index contributed by atoms with van der Waals surface area (Å²) in [6, 6.07) is 3.17. The molecule has 0 aliphatic rings. The number of rotatable bonds is 6. The van der Waals surface area contributed by atoms with Crippen molar-refractivity contribution in [3.8, 4) is 0 Å². The third kappa shape index (κ3) is 3.76. The first-order chi connectivity index (χ1) is 8.35. The van der Waals surface area contributed by atoms with Crippen molar-refractivity contribution in [3.63, 3.8) is 0 Å². The minimum absolute atomic E-state index is 0.0107. The van der Waals surface area contributed by atoms with Gasteiger partial charge in [-0.1, -0.05) is 13.8 Å². The molecule has 1 aromatic heterocycles. The summed E-state index contributed by atoms with van der Waals surface area (Å²) in [6.45, 7) is 4.47. The molecule has 18 heavy (non-hydrogen) atoms. The Labute approximate surface area is 109 Å². The van der Waals surface area contributed by atoms with Crippen molar-refractivity contribution in [1.82, 2.24) is 9.29 Å². The van der Waals surface area contributed by atoms with E-state index in [1.165, 1.54) is 10.5 Å². The molecular formula is C12H21N3O2S. The van der Waals surface area contributed by atoms with Crippen LogP contribution in [-0.4, -0.2) is 37.3 Å². The molecule has 6 heteroatoms. The summed E-state index contributed by atoms with van der Waals surface area (Å²) in [5, 5.41) is 0. The van der Waals surface area contributed by atoms with E-state index in [0.717, 1.165) is 0 Å². The second kappa shape index (κ2) is 6.26. The fourth-order valence-electron chi connectivity index (χ4n) is 1.46. The highest BCUT2D eigenvalue weighted by molar-refractivity contribution is 7.89. The number of hydrogen-bond acceptors (Lipinski definition) is 4. The highest BCUT2D eigenvalue weighted by atomic mass is 32.2. The van der Waals surface area contributed by atoms with Crippen molar-refractivity contribution in [2.24, 2.45) is 11.7 Å². The second-order valence-electron chi connectivity index (χ2n) is 4.71. The molecule has 0 aromatic carbocycles. The van der Waals surface area contributed by atoms with E-state index in [-0.39, 0.29) is 10.9 Å². The quantitative estimate of drug-likeness (QED) is 0.840. The fourth-order valence-corrected chi connectivity index (χ4v) is 2.61. The van der Waals surface area contributed by atoms with Gasteiger partial charge in [0.2, 0.25) is 10.0 Å². The Morgan fingerprint density at radius 2 is 2.11 bits per heavy atom. The van der Waals surface area contributed by atoms with Crippen molar-refractivity contribution in [2.75, 3.05) is 13.6 Å². The first-order valence-electron chi connectivity index (χ1n) is 5.97. The van der Waals surface area contributed by atoms with Crippen LogP contribution in [0.15, 0.2) is 29.4 Å². The summed E-state index contributed by atoms with van der Waals surface area (Å²) in [4.78, 5) is 4.04. The Bertz CT molecular complexity index is 459. The number of hydrogen-bond donors (Lipinski definition) is 1. The van der Waals surface area contributed by atoms with E-state index in [4.69, 9.17) is 5.73 Å². The SMILES string of the molecule is CC(C)C(N)CCN(C)S(=O)(=O)c1cccnc1. The van der Waals surface area contributed by atoms with Crippen LogP contribution in [0.3, 0.4) is 0 Å². The highest BCUT2D eigenvalue weighted by Crippen LogP contribution is 2.13. The van der Waals surface area contributed by atoms with Crippen LogP contribution in [-0.2, 0) is 10.0 Å². The van der Waals surface area contributed by atoms with Crippen molar-refractivity contribution in [3.05, 3.63) is 24.5 Å². The van der Waals surface area contributed by atoms with Crippen LogP contribution in [0.2, 0.25) is 0 Å². The van der Waals surface area contributed by atoms with Crippen LogP contribution in [0.25, 0.3) is 0 Å². The maximum absolute atomic E-state index is 12.2. The summed E-state index contributed by atoms with van der Waals surface area (Å²) >= 11 is 0. The van der Waals surface area contributed by atoms with Crippen LogP contribution in [0, 0.1) is 5.92 Å². The molecule has 1 heterocycles. The molecule has 1 aromatic rings. The number of aromatic nitrogens is 1. The second-order valence-corrected chi connectivity index (χ2v) is 6.76. The molecule has 1 rings (SSSR count). The monoisotopic (exact) mass is 271 g/mol. The van der Waals surface area contributed by atoms with E-state index in [1.807, 2.05) is 13.8 Å². The minimum Gasteiger partial charge on any atom is -0.327 e. The fraction of sp³-hybridized carbons (Fsp3) is 0.583. The molecule has 102 valence electrons. The summed E-state index contributed by atoms with van der Waals surface area (Å²) in [5.41, 5.74) is 5.91. The number of sulfonamides is 1. The van der Waals surface area contributed by atoms with Crippen molar-refractivity contribution >= 4 is 10.0 Å². The molecule has 0 aliphatic heterocycles. The molecule has 0 aliphatic carbocycles. The van der Waals surface area contributed by atoms with Crippen molar-refractivity contribution in [1.29, 1.82) is 0 Å². The van der Waals surface area contributed by atoms with Crippen LogP contribution in [0.1, 0.15) is 20.3 Å². The van der Waals surface area contributed by atoms with E-state index >= 15 is 0 Å². The Morgan fingerprint density at radius 3 is 2.61 bits per heavy atom. The van der Waals surface area contributed by atoms with E-state index in [2.05, 4.69) is 4.98 Å². The van der Waals surface area contributed by atoms with Gasteiger partial charge < -0.3 is 5.73 Å². The summed E-state index contributed by atoms with van der Waals surface area (Å²) in [5.74, 6) is 0.347. The van der Waals surface area contributed by atoms with E-state index in [0.29, 0.717) is 18.9 Å². The number of pyridine rings is 1. The Balaban J connectivity index is 2.69. The van der Waals surface area contributed by atoms with Gasteiger partial charge in [-0.05, 0) is 24.5 Å². The highest BCUT2D eigenvalue weighted by Gasteiger charge is 2.21. The van der Waals surface area contributed by atoms with Crippen LogP contribution < -0.4 is 5.73 Å². The molecule has 0 fully saturated rings. The van der Waals surface area contributed by atoms with E-state index in [9.17, 15) is 8.42 Å². The molecule has 0 bridgehead atoms. The van der Waals surface area contributed by atoms with Crippen LogP contribution in [0.5, 0.6) is 0 Å². The van der Waals surface area contributed by atoms with E-state index in [1.54, 1.807) is 25.4 Å². The Kier molecular flexibility index (Phi) is 5.25. The molecule has 0 spiro atoms. The van der Waals surface area contributed by atoms with Gasteiger partial charge in [-0.25, -0.2) is 12.7 Å². The maximum Gasteiger partial charge on any atom is 0.244 e. The van der Waals surface area contributed by atoms with Gasteiger partial charge in [0, 0.05) is 32.0 Å². The van der Waals surface area contributed by atoms with Gasteiger partial charge in [0.15, 0.2) is 0 Å². The van der Waals surface area contributed by atoms with Gasteiger partial charge in [0.1, 0.15) is 4.90 Å². The normalized spacial score (nSPS) is 14.1. The minimum atomic E-state index is -3.45. The topological polar surface area (TPSA) is 76.3 Å². The lowest BCUT2D eigenvalue weighted by molar-refractivity contribution is 0.397. The molecule has 1 unspecified atom stereocenters. The molecule has 0 radical (unpaired) electrons. The van der Waals surface area contributed by atoms with Gasteiger partial charge in [-0.15, -0.1) is 0 Å². The summed E-state index contributed by atoms with van der Waals surface area (Å²) < 4.78 is 25.6.